The highest BCUT2D eigenvalue weighted by Crippen LogP contribution is 2.07. The Hall–Kier alpha value is -1.91. The molecule has 5 heteroatoms. The number of hydrogen-bond donors (Lipinski definition) is 1. The summed E-state index contributed by atoms with van der Waals surface area (Å²) in [6.07, 6.45) is 1.65. The molecule has 1 rings (SSSR count). The Labute approximate surface area is 100 Å². The summed E-state index contributed by atoms with van der Waals surface area (Å²) in [6, 6.07) is 5.43. The van der Waals surface area contributed by atoms with Gasteiger partial charge in [-0.1, -0.05) is 6.07 Å². The number of aliphatic carboxylic acids is 1. The lowest BCUT2D eigenvalue weighted by molar-refractivity contribution is -0.150. The molecule has 92 valence electrons. The van der Waals surface area contributed by atoms with Gasteiger partial charge < -0.3 is 10.0 Å². The van der Waals surface area contributed by atoms with Gasteiger partial charge >= 0.3 is 5.97 Å². The predicted molar refractivity (Wildman–Crippen MR) is 62.1 cm³/mol. The minimum absolute atomic E-state index is 0.341. The van der Waals surface area contributed by atoms with Crippen LogP contribution >= 0.6 is 0 Å². The molecule has 0 fully saturated rings. The topological polar surface area (TPSA) is 70.5 Å². The number of pyridine rings is 1. The fraction of sp³-hybridized carbons (Fsp3) is 0.417. The molecule has 1 unspecified atom stereocenters. The van der Waals surface area contributed by atoms with E-state index in [1.807, 2.05) is 13.0 Å². The number of carboxylic acid groups (broad SMARTS) is 1. The molecule has 5 nitrogen and oxygen atoms in total. The van der Waals surface area contributed by atoms with E-state index in [0.29, 0.717) is 13.1 Å². The number of amides is 1. The molecule has 0 bridgehead atoms. The van der Waals surface area contributed by atoms with Crippen molar-refractivity contribution in [3.05, 3.63) is 30.1 Å². The first-order valence-corrected chi connectivity index (χ1v) is 5.47. The molecular formula is C12H16N2O3. The molecule has 1 atom stereocenters. The first-order chi connectivity index (χ1) is 8.06. The Morgan fingerprint density at radius 2 is 2.18 bits per heavy atom. The van der Waals surface area contributed by atoms with Crippen LogP contribution in [0.4, 0.5) is 0 Å². The van der Waals surface area contributed by atoms with Crippen LogP contribution in [0.25, 0.3) is 0 Å². The predicted octanol–water partition coefficient (Wildman–Crippen LogP) is 1.15. The van der Waals surface area contributed by atoms with Crippen LogP contribution in [0.15, 0.2) is 24.4 Å². The summed E-state index contributed by atoms with van der Waals surface area (Å²) in [4.78, 5) is 28.2. The summed E-state index contributed by atoms with van der Waals surface area (Å²) in [5.41, 5.74) is 0.750. The third-order valence-corrected chi connectivity index (χ3v) is 2.51. The number of carbonyl (C=O) groups excluding carboxylic acids is 1. The van der Waals surface area contributed by atoms with Gasteiger partial charge in [-0.2, -0.15) is 0 Å². The van der Waals surface area contributed by atoms with E-state index in [4.69, 9.17) is 5.11 Å². The van der Waals surface area contributed by atoms with Gasteiger partial charge in [0.25, 0.3) is 0 Å². The first kappa shape index (κ1) is 13.2. The van der Waals surface area contributed by atoms with Crippen LogP contribution in [-0.4, -0.2) is 33.4 Å². The van der Waals surface area contributed by atoms with Crippen molar-refractivity contribution in [2.45, 2.75) is 20.4 Å². The molecule has 0 aliphatic rings. The quantitative estimate of drug-likeness (QED) is 0.778. The number of rotatable bonds is 5. The zero-order valence-corrected chi connectivity index (χ0v) is 9.96. The van der Waals surface area contributed by atoms with Gasteiger partial charge in [-0.05, 0) is 26.0 Å². The van der Waals surface area contributed by atoms with Crippen molar-refractivity contribution >= 4 is 11.9 Å². The lowest BCUT2D eigenvalue weighted by Crippen LogP contribution is -2.37. The van der Waals surface area contributed by atoms with Crippen molar-refractivity contribution in [2.75, 3.05) is 6.54 Å². The van der Waals surface area contributed by atoms with Crippen molar-refractivity contribution in [1.29, 1.82) is 0 Å². The van der Waals surface area contributed by atoms with Gasteiger partial charge in [0.2, 0.25) is 5.91 Å². The Balaban J connectivity index is 2.72. The van der Waals surface area contributed by atoms with Gasteiger partial charge in [0.05, 0.1) is 12.2 Å². The molecule has 0 saturated heterocycles. The van der Waals surface area contributed by atoms with E-state index in [1.54, 1.807) is 18.3 Å². The SMILES string of the molecule is CCN(Cc1ccccn1)C(=O)C(C)C(=O)O. The number of carbonyl (C=O) groups is 2. The summed E-state index contributed by atoms with van der Waals surface area (Å²) < 4.78 is 0. The fourth-order valence-corrected chi connectivity index (χ4v) is 1.41. The van der Waals surface area contributed by atoms with Gasteiger partial charge in [0, 0.05) is 12.7 Å². The van der Waals surface area contributed by atoms with Crippen molar-refractivity contribution < 1.29 is 14.7 Å². The normalized spacial score (nSPS) is 11.9. The van der Waals surface area contributed by atoms with Crippen LogP contribution in [0.5, 0.6) is 0 Å². The maximum atomic E-state index is 11.8. The third kappa shape index (κ3) is 3.55. The summed E-state index contributed by atoms with van der Waals surface area (Å²) in [6.45, 7) is 4.02. The van der Waals surface area contributed by atoms with Crippen LogP contribution in [-0.2, 0) is 16.1 Å². The molecule has 1 N–H and O–H groups in total. The molecule has 1 aromatic rings. The van der Waals surface area contributed by atoms with E-state index >= 15 is 0 Å². The zero-order chi connectivity index (χ0) is 12.8. The number of hydrogen-bond acceptors (Lipinski definition) is 3. The Bertz CT molecular complexity index is 392. The van der Waals surface area contributed by atoms with Crippen molar-refractivity contribution in [2.24, 2.45) is 5.92 Å². The summed E-state index contributed by atoms with van der Waals surface area (Å²) in [5, 5.41) is 8.80. The highest BCUT2D eigenvalue weighted by molar-refractivity contribution is 5.96. The number of aromatic nitrogens is 1. The van der Waals surface area contributed by atoms with Crippen molar-refractivity contribution in [3.8, 4) is 0 Å². The molecule has 1 amide bonds. The van der Waals surface area contributed by atoms with Crippen LogP contribution in [0.1, 0.15) is 19.5 Å². The fourth-order valence-electron chi connectivity index (χ4n) is 1.41. The highest BCUT2D eigenvalue weighted by Gasteiger charge is 2.25. The smallest absolute Gasteiger partial charge is 0.315 e. The summed E-state index contributed by atoms with van der Waals surface area (Å²) in [5.74, 6) is -2.50. The monoisotopic (exact) mass is 236 g/mol. The van der Waals surface area contributed by atoms with E-state index in [-0.39, 0.29) is 5.91 Å². The Morgan fingerprint density at radius 1 is 1.47 bits per heavy atom. The van der Waals surface area contributed by atoms with Crippen LogP contribution < -0.4 is 0 Å². The largest absolute Gasteiger partial charge is 0.481 e. The standard InChI is InChI=1S/C12H16N2O3/c1-3-14(11(15)9(2)12(16)17)8-10-6-4-5-7-13-10/h4-7,9H,3,8H2,1-2H3,(H,16,17). The Morgan fingerprint density at radius 3 is 2.65 bits per heavy atom. The van der Waals surface area contributed by atoms with E-state index in [9.17, 15) is 9.59 Å². The average molecular weight is 236 g/mol. The van der Waals surface area contributed by atoms with E-state index < -0.39 is 11.9 Å². The molecule has 1 aromatic heterocycles. The molecule has 0 saturated carbocycles. The van der Waals surface area contributed by atoms with Gasteiger partial charge in [-0.15, -0.1) is 0 Å². The van der Waals surface area contributed by atoms with Gasteiger partial charge in [-0.3, -0.25) is 14.6 Å². The second-order valence-corrected chi connectivity index (χ2v) is 3.73. The number of carboxylic acids is 1. The molecule has 17 heavy (non-hydrogen) atoms. The zero-order valence-electron chi connectivity index (χ0n) is 9.96. The highest BCUT2D eigenvalue weighted by atomic mass is 16.4. The minimum Gasteiger partial charge on any atom is -0.481 e. The van der Waals surface area contributed by atoms with Crippen molar-refractivity contribution in [3.63, 3.8) is 0 Å². The van der Waals surface area contributed by atoms with Gasteiger partial charge in [0.15, 0.2) is 0 Å². The van der Waals surface area contributed by atoms with Gasteiger partial charge in [-0.25, -0.2) is 0 Å². The molecule has 0 aliphatic carbocycles. The van der Waals surface area contributed by atoms with Gasteiger partial charge in [0.1, 0.15) is 5.92 Å². The van der Waals surface area contributed by atoms with E-state index in [2.05, 4.69) is 4.98 Å². The van der Waals surface area contributed by atoms with E-state index in [1.165, 1.54) is 11.8 Å². The number of nitrogens with zero attached hydrogens (tertiary/aromatic N) is 2. The van der Waals surface area contributed by atoms with Crippen LogP contribution in [0, 0.1) is 5.92 Å². The molecular weight excluding hydrogens is 220 g/mol. The first-order valence-electron chi connectivity index (χ1n) is 5.47. The van der Waals surface area contributed by atoms with Crippen LogP contribution in [0.3, 0.4) is 0 Å². The maximum absolute atomic E-state index is 11.8. The second kappa shape index (κ2) is 5.98. The van der Waals surface area contributed by atoms with Crippen molar-refractivity contribution in [1.82, 2.24) is 9.88 Å². The summed E-state index contributed by atoms with van der Waals surface area (Å²) in [7, 11) is 0. The van der Waals surface area contributed by atoms with E-state index in [0.717, 1.165) is 5.69 Å². The molecule has 0 spiro atoms. The summed E-state index contributed by atoms with van der Waals surface area (Å²) >= 11 is 0. The lowest BCUT2D eigenvalue weighted by Gasteiger charge is -2.22. The second-order valence-electron chi connectivity index (χ2n) is 3.73. The lowest BCUT2D eigenvalue weighted by atomic mass is 10.1. The average Bonchev–Trinajstić information content (AvgIpc) is 2.35. The van der Waals surface area contributed by atoms with Crippen LogP contribution in [0.2, 0.25) is 0 Å². The minimum atomic E-state index is -1.10. The third-order valence-electron chi connectivity index (χ3n) is 2.51. The molecule has 0 radical (unpaired) electrons. The molecule has 1 heterocycles. The molecule has 0 aromatic carbocycles. The Kier molecular flexibility index (Phi) is 4.63. The maximum Gasteiger partial charge on any atom is 0.315 e. The molecule has 0 aliphatic heterocycles.